The fourth-order valence-corrected chi connectivity index (χ4v) is 1.60. The van der Waals surface area contributed by atoms with Crippen LogP contribution in [0.1, 0.15) is 24.0 Å². The van der Waals surface area contributed by atoms with Gasteiger partial charge in [0.05, 0.1) is 5.92 Å². The van der Waals surface area contributed by atoms with Gasteiger partial charge >= 0.3 is 5.97 Å². The van der Waals surface area contributed by atoms with Gasteiger partial charge in [-0.25, -0.2) is 4.39 Å². The number of phenolic OH excluding ortho intramolecular Hbond substituents is 1. The maximum Gasteiger partial charge on any atom is 0.310 e. The van der Waals surface area contributed by atoms with Crippen molar-refractivity contribution < 1.29 is 19.4 Å². The van der Waals surface area contributed by atoms with Gasteiger partial charge in [0, 0.05) is 12.1 Å². The van der Waals surface area contributed by atoms with E-state index in [9.17, 15) is 14.3 Å². The number of carboxylic acids is 1. The Labute approximate surface area is 99.3 Å². The molecule has 0 aliphatic rings. The number of halogens is 1. The molecule has 17 heavy (non-hydrogen) atoms. The molecule has 0 radical (unpaired) electrons. The van der Waals surface area contributed by atoms with E-state index >= 15 is 0 Å². The second-order valence-corrected chi connectivity index (χ2v) is 4.31. The molecule has 1 rings (SSSR count). The normalized spacial score (nSPS) is 12.8. The molecule has 0 spiro atoms. The van der Waals surface area contributed by atoms with Gasteiger partial charge in [0.25, 0.3) is 0 Å². The summed E-state index contributed by atoms with van der Waals surface area (Å²) in [5.41, 5.74) is 0.739. The molecule has 0 heterocycles. The van der Waals surface area contributed by atoms with Gasteiger partial charge in [-0.05, 0) is 38.7 Å². The van der Waals surface area contributed by atoms with Crippen molar-refractivity contribution in [2.75, 3.05) is 14.1 Å². The summed E-state index contributed by atoms with van der Waals surface area (Å²) in [6.07, 6.45) is 0. The van der Waals surface area contributed by atoms with Crippen LogP contribution in [0.5, 0.6) is 5.75 Å². The van der Waals surface area contributed by atoms with Gasteiger partial charge in [0.1, 0.15) is 0 Å². The molecule has 1 atom stereocenters. The smallest absolute Gasteiger partial charge is 0.310 e. The van der Waals surface area contributed by atoms with Crippen LogP contribution in [0.2, 0.25) is 0 Å². The first-order valence-electron chi connectivity index (χ1n) is 5.21. The van der Waals surface area contributed by atoms with Crippen molar-refractivity contribution in [2.45, 2.75) is 19.4 Å². The molecule has 1 aromatic rings. The van der Waals surface area contributed by atoms with Gasteiger partial charge in [-0.2, -0.15) is 0 Å². The van der Waals surface area contributed by atoms with Crippen molar-refractivity contribution in [2.24, 2.45) is 0 Å². The zero-order valence-electron chi connectivity index (χ0n) is 10.1. The maximum atomic E-state index is 13.5. The molecule has 2 N–H and O–H groups in total. The van der Waals surface area contributed by atoms with Gasteiger partial charge in [-0.15, -0.1) is 0 Å². The Morgan fingerprint density at radius 1 is 1.47 bits per heavy atom. The quantitative estimate of drug-likeness (QED) is 0.843. The summed E-state index contributed by atoms with van der Waals surface area (Å²) in [6, 6.07) is 2.74. The highest BCUT2D eigenvalue weighted by molar-refractivity contribution is 5.76. The van der Waals surface area contributed by atoms with E-state index in [0.29, 0.717) is 12.1 Å². The molecule has 94 valence electrons. The van der Waals surface area contributed by atoms with Gasteiger partial charge in [-0.3, -0.25) is 4.79 Å². The first kappa shape index (κ1) is 13.4. The van der Waals surface area contributed by atoms with E-state index in [1.54, 1.807) is 0 Å². The first-order chi connectivity index (χ1) is 7.82. The molecule has 0 fully saturated rings. The molecule has 1 aromatic carbocycles. The molecule has 0 saturated heterocycles. The standard InChI is InChI=1S/C12H16FNO3/c1-7(12(16)17)9-4-8(6-14(2)3)5-10(13)11(9)15/h4-5,7,15H,6H2,1-3H3,(H,16,17). The monoisotopic (exact) mass is 241 g/mol. The van der Waals surface area contributed by atoms with Crippen molar-refractivity contribution in [1.29, 1.82) is 0 Å². The zero-order chi connectivity index (χ0) is 13.2. The Balaban J connectivity index is 3.19. The minimum absolute atomic E-state index is 0.106. The summed E-state index contributed by atoms with van der Waals surface area (Å²) in [6.45, 7) is 1.90. The van der Waals surface area contributed by atoms with E-state index in [0.717, 1.165) is 0 Å². The topological polar surface area (TPSA) is 60.8 Å². The molecule has 0 aromatic heterocycles. The van der Waals surface area contributed by atoms with Crippen molar-refractivity contribution >= 4 is 5.97 Å². The summed E-state index contributed by atoms with van der Waals surface area (Å²) in [7, 11) is 3.65. The van der Waals surface area contributed by atoms with Crippen LogP contribution in [-0.4, -0.2) is 35.2 Å². The van der Waals surface area contributed by atoms with Gasteiger partial charge in [0.15, 0.2) is 11.6 Å². The van der Waals surface area contributed by atoms with Gasteiger partial charge < -0.3 is 15.1 Å². The SMILES string of the molecule is CC(C(=O)O)c1cc(CN(C)C)cc(F)c1O. The average Bonchev–Trinajstić information content (AvgIpc) is 2.21. The Hall–Kier alpha value is -1.62. The largest absolute Gasteiger partial charge is 0.505 e. The lowest BCUT2D eigenvalue weighted by Crippen LogP contribution is -2.13. The number of carboxylic acid groups (broad SMARTS) is 1. The van der Waals surface area contributed by atoms with Crippen LogP contribution >= 0.6 is 0 Å². The van der Waals surface area contributed by atoms with Crippen molar-refractivity contribution in [3.63, 3.8) is 0 Å². The lowest BCUT2D eigenvalue weighted by Gasteiger charge is -2.14. The van der Waals surface area contributed by atoms with Crippen LogP contribution in [0, 0.1) is 5.82 Å². The number of benzene rings is 1. The molecule has 1 unspecified atom stereocenters. The third-order valence-corrected chi connectivity index (χ3v) is 2.49. The second kappa shape index (κ2) is 5.14. The second-order valence-electron chi connectivity index (χ2n) is 4.31. The number of rotatable bonds is 4. The van der Waals surface area contributed by atoms with E-state index in [1.165, 1.54) is 19.1 Å². The third kappa shape index (κ3) is 3.17. The molecule has 0 saturated carbocycles. The Morgan fingerprint density at radius 3 is 2.53 bits per heavy atom. The summed E-state index contributed by atoms with van der Waals surface area (Å²) in [4.78, 5) is 12.7. The molecular formula is C12H16FNO3. The number of hydrogen-bond acceptors (Lipinski definition) is 3. The van der Waals surface area contributed by atoms with E-state index in [4.69, 9.17) is 5.11 Å². The van der Waals surface area contributed by atoms with Crippen LogP contribution in [-0.2, 0) is 11.3 Å². The number of aromatic hydroxyl groups is 1. The molecule has 0 amide bonds. The van der Waals surface area contributed by atoms with E-state index in [2.05, 4.69) is 0 Å². The highest BCUT2D eigenvalue weighted by atomic mass is 19.1. The summed E-state index contributed by atoms with van der Waals surface area (Å²) >= 11 is 0. The number of phenols is 1. The predicted molar refractivity (Wildman–Crippen MR) is 61.5 cm³/mol. The van der Waals surface area contributed by atoms with Crippen LogP contribution in [0.25, 0.3) is 0 Å². The summed E-state index contributed by atoms with van der Waals surface area (Å²) in [5.74, 6) is -3.40. The van der Waals surface area contributed by atoms with Gasteiger partial charge in [0.2, 0.25) is 0 Å². The van der Waals surface area contributed by atoms with Gasteiger partial charge in [-0.1, -0.05) is 0 Å². The van der Waals surface area contributed by atoms with E-state index in [1.807, 2.05) is 19.0 Å². The summed E-state index contributed by atoms with van der Waals surface area (Å²) in [5, 5.41) is 18.4. The predicted octanol–water partition coefficient (Wildman–Crippen LogP) is 1.78. The molecule has 5 heteroatoms. The van der Waals surface area contributed by atoms with Crippen molar-refractivity contribution in [1.82, 2.24) is 4.90 Å². The molecular weight excluding hydrogens is 225 g/mol. The lowest BCUT2D eigenvalue weighted by molar-refractivity contribution is -0.138. The Kier molecular flexibility index (Phi) is 4.07. The molecule has 0 aliphatic carbocycles. The number of hydrogen-bond donors (Lipinski definition) is 2. The van der Waals surface area contributed by atoms with E-state index < -0.39 is 23.5 Å². The molecule has 0 aliphatic heterocycles. The average molecular weight is 241 g/mol. The maximum absolute atomic E-state index is 13.5. The van der Waals surface area contributed by atoms with E-state index in [-0.39, 0.29) is 5.56 Å². The fourth-order valence-electron chi connectivity index (χ4n) is 1.60. The number of carbonyl (C=O) groups is 1. The fraction of sp³-hybridized carbons (Fsp3) is 0.417. The minimum atomic E-state index is -1.10. The van der Waals surface area contributed by atoms with Crippen molar-refractivity contribution in [3.8, 4) is 5.75 Å². The number of aliphatic carboxylic acids is 1. The Morgan fingerprint density at radius 2 is 2.06 bits per heavy atom. The van der Waals surface area contributed by atoms with Crippen LogP contribution in [0.4, 0.5) is 4.39 Å². The highest BCUT2D eigenvalue weighted by Crippen LogP contribution is 2.30. The van der Waals surface area contributed by atoms with Crippen molar-refractivity contribution in [3.05, 3.63) is 29.1 Å². The van der Waals surface area contributed by atoms with Crippen LogP contribution in [0.3, 0.4) is 0 Å². The van der Waals surface area contributed by atoms with Crippen LogP contribution in [0.15, 0.2) is 12.1 Å². The third-order valence-electron chi connectivity index (χ3n) is 2.49. The lowest BCUT2D eigenvalue weighted by atomic mass is 9.97. The number of nitrogens with zero attached hydrogens (tertiary/aromatic N) is 1. The molecule has 0 bridgehead atoms. The zero-order valence-corrected chi connectivity index (χ0v) is 10.1. The van der Waals surface area contributed by atoms with Crippen LogP contribution < -0.4 is 0 Å². The summed E-state index contributed by atoms with van der Waals surface area (Å²) < 4.78 is 13.5. The first-order valence-corrected chi connectivity index (χ1v) is 5.21. The highest BCUT2D eigenvalue weighted by Gasteiger charge is 2.21. The molecule has 4 nitrogen and oxygen atoms in total. The Bertz CT molecular complexity index is 432. The minimum Gasteiger partial charge on any atom is -0.505 e.